The van der Waals surface area contributed by atoms with Gasteiger partial charge in [0.05, 0.1) is 70.5 Å². The second-order valence-electron chi connectivity index (χ2n) is 25.4. The average Bonchev–Trinajstić information content (AvgIpc) is 0.795. The summed E-state index contributed by atoms with van der Waals surface area (Å²) in [7, 11) is 0. The Morgan fingerprint density at radius 3 is 1.02 bits per heavy atom. The molecule has 27 N–H and O–H groups in total. The van der Waals surface area contributed by atoms with Gasteiger partial charge in [0.2, 0.25) is 23.6 Å². The summed E-state index contributed by atoms with van der Waals surface area (Å²) in [5, 5.41) is 259. The largest absolute Gasteiger partial charge is 0.477 e. The highest BCUT2D eigenvalue weighted by Crippen LogP contribution is 2.40. The summed E-state index contributed by atoms with van der Waals surface area (Å²) < 4.78 is 74.7. The van der Waals surface area contributed by atoms with E-state index in [9.17, 15) is 146 Å². The maximum Gasteiger partial charge on any atom is 0.364 e. The molecule has 7 rings (SSSR count). The predicted octanol–water partition coefficient (Wildman–Crippen LogP) is -17.3. The van der Waals surface area contributed by atoms with Crippen LogP contribution in [0.1, 0.15) is 40.5 Å². The number of aliphatic hydroxyl groups excluding tert-OH is 21. The third kappa shape index (κ3) is 18.7. The maximum absolute atomic E-state index is 12.9. The minimum absolute atomic E-state index is 0.816. The van der Waals surface area contributed by atoms with E-state index in [-0.39, 0.29) is 0 Å². The van der Waals surface area contributed by atoms with Crippen molar-refractivity contribution in [3.63, 3.8) is 0 Å². The first-order chi connectivity index (χ1) is 47.8. The fourth-order valence-electron chi connectivity index (χ4n) is 12.8. The molecule has 588 valence electrons. The van der Waals surface area contributed by atoms with Crippen molar-refractivity contribution in [2.24, 2.45) is 0 Å². The van der Waals surface area contributed by atoms with E-state index in [4.69, 9.17) is 61.6 Å². The molecule has 0 aromatic heterocycles. The molecular formula is C56H92N4O42. The van der Waals surface area contributed by atoms with Crippen LogP contribution in [0.4, 0.5) is 0 Å². The molecule has 0 bridgehead atoms. The lowest BCUT2D eigenvalue weighted by molar-refractivity contribution is -0.385. The maximum atomic E-state index is 12.9. The van der Waals surface area contributed by atoms with Crippen LogP contribution in [-0.4, -0.2) is 425 Å². The monoisotopic (exact) mass is 1490 g/mol. The lowest BCUT2D eigenvalue weighted by Gasteiger charge is -2.50. The van der Waals surface area contributed by atoms with E-state index in [2.05, 4.69) is 21.3 Å². The zero-order valence-electron chi connectivity index (χ0n) is 54.6. The minimum atomic E-state index is -3.03. The molecule has 0 radical (unpaired) electrons. The van der Waals surface area contributed by atoms with E-state index >= 15 is 0 Å². The summed E-state index contributed by atoms with van der Waals surface area (Å²) in [5.74, 6) is -13.6. The number of carbonyl (C=O) groups excluding carboxylic acids is 4. The highest BCUT2D eigenvalue weighted by atomic mass is 16.8. The third-order valence-electron chi connectivity index (χ3n) is 18.1. The van der Waals surface area contributed by atoms with Crippen LogP contribution in [0.15, 0.2) is 0 Å². The van der Waals surface area contributed by atoms with Crippen LogP contribution in [0.2, 0.25) is 0 Å². The van der Waals surface area contributed by atoms with Crippen molar-refractivity contribution in [2.45, 2.75) is 266 Å². The first kappa shape index (κ1) is 84.7. The molecule has 46 nitrogen and oxygen atoms in total. The van der Waals surface area contributed by atoms with Gasteiger partial charge in [0.1, 0.15) is 159 Å². The van der Waals surface area contributed by atoms with Gasteiger partial charge in [0, 0.05) is 40.5 Å². The zero-order valence-corrected chi connectivity index (χ0v) is 54.6. The van der Waals surface area contributed by atoms with Crippen molar-refractivity contribution in [1.82, 2.24) is 21.3 Å². The Balaban J connectivity index is 1.06. The summed E-state index contributed by atoms with van der Waals surface area (Å²) in [5.41, 5.74) is 0. The normalized spacial score (nSPS) is 44.6. The quantitative estimate of drug-likeness (QED) is 0.0331. The number of hydrogen-bond donors (Lipinski definition) is 27. The molecule has 7 aliphatic rings. The number of hydrogen-bond acceptors (Lipinski definition) is 40. The van der Waals surface area contributed by atoms with E-state index in [1.807, 2.05) is 0 Å². The van der Waals surface area contributed by atoms with Gasteiger partial charge >= 0.3 is 11.9 Å². The van der Waals surface area contributed by atoms with Gasteiger partial charge in [-0.3, -0.25) is 19.2 Å². The average molecular weight is 1490 g/mol. The Kier molecular flexibility index (Phi) is 29.8. The topological polar surface area (TPSA) is 736 Å². The molecule has 0 aromatic rings. The van der Waals surface area contributed by atoms with Gasteiger partial charge in [-0.1, -0.05) is 0 Å². The molecule has 7 aliphatic heterocycles. The number of nitrogens with one attached hydrogen (secondary N) is 4. The van der Waals surface area contributed by atoms with E-state index in [0.717, 1.165) is 27.7 Å². The highest BCUT2D eigenvalue weighted by Gasteiger charge is 2.62. The molecule has 7 heterocycles. The minimum Gasteiger partial charge on any atom is -0.477 e. The number of carboxylic acid groups (broad SMARTS) is 2. The van der Waals surface area contributed by atoms with Gasteiger partial charge in [-0.05, 0) is 0 Å². The molecule has 102 heavy (non-hydrogen) atoms. The van der Waals surface area contributed by atoms with Gasteiger partial charge in [-0.15, -0.1) is 0 Å². The molecule has 0 aliphatic carbocycles. The molecule has 37 atom stereocenters. The molecule has 0 aromatic carbocycles. The number of ether oxygens (including phenoxy) is 13. The van der Waals surface area contributed by atoms with Crippen LogP contribution in [0.5, 0.6) is 0 Å². The second-order valence-corrected chi connectivity index (χ2v) is 25.4. The van der Waals surface area contributed by atoms with Gasteiger partial charge in [-0.25, -0.2) is 9.59 Å². The molecule has 0 saturated carbocycles. The van der Waals surface area contributed by atoms with Crippen LogP contribution in [0.25, 0.3) is 0 Å². The number of carbonyl (C=O) groups is 6. The lowest BCUT2D eigenvalue weighted by atomic mass is 9.88. The summed E-state index contributed by atoms with van der Waals surface area (Å²) in [4.78, 5) is 75.4. The van der Waals surface area contributed by atoms with E-state index in [1.165, 1.54) is 0 Å². The van der Waals surface area contributed by atoms with Crippen LogP contribution in [-0.2, 0) is 90.3 Å². The SMILES string of the molecule is CC(=O)N[C@H]1[C@H](O[C@@H]2[C@H](O)[C@@H](O[C@@H]3O[C@H](CO)[C@@H](O[C@@H]4O[C@H](CO[C@]5(C(=O)O)C[C@H](O)[C@@H](NC(C)=O)[C@H]([C@H](O)[C@H](O)CO)O5)[C@H](O)[C@H](O)[C@H]4O)[C@H](O)[C@H]3NC(C)=O)C(O)O[C@@H]2CO)O[C@H](CO)[C@@H](O[C@@H]2O[C@H](CO[C@]3(C(=O)O)C[C@H](O)[C@@H](NC(C)=O)[C@H]([C@H](O)[C@H](O)CO)O3)[C@H](O)[C@H](O)[C@H]2O)[C@@H]1O. The smallest absolute Gasteiger partial charge is 0.364 e. The molecule has 4 amide bonds. The molecule has 0 spiro atoms. The van der Waals surface area contributed by atoms with Crippen LogP contribution in [0.3, 0.4) is 0 Å². The Morgan fingerprint density at radius 2 is 0.696 bits per heavy atom. The summed E-state index contributed by atoms with van der Waals surface area (Å²) in [6.07, 6.45) is -67.8. The first-order valence-electron chi connectivity index (χ1n) is 31.9. The van der Waals surface area contributed by atoms with E-state index in [0.29, 0.717) is 0 Å². The van der Waals surface area contributed by atoms with Crippen molar-refractivity contribution in [1.29, 1.82) is 0 Å². The highest BCUT2D eigenvalue weighted by molar-refractivity contribution is 5.77. The van der Waals surface area contributed by atoms with E-state index in [1.54, 1.807) is 0 Å². The standard InChI is InChI=1S/C56H92N4O42/c1-14(66)57-27-18(70)5-55(53(86)87,101-45(27)31(74)20(72)7-61)90-12-25-33(76)37(80)39(82)51(95-25)98-42-23(10-64)93-49(29(35(42)78)59-16(3)68)97-44-22(9-63)92-48(85)47(41(44)84)100-50-30(60-17(4)69)36(79)43(24(11-65)94-50)99-52-40(83)38(81)34(77)26(96-52)13-91-56(54(88)89)6-19(71)28(58-15(2)67)46(102-56)32(75)21(73)8-62/h18-52,61-65,70-85H,5-13H2,1-4H3,(H,57,66)(H,58,67)(H,59,68)(H,60,69)(H,86,87)(H,88,89)/t18-,19-,20+,21+,22+,23+,24+,25+,26+,27+,28+,29+,30+,31+,32+,33-,34-,35+,36+,37-,38-,39+,40+,41-,42+,43+,44-,45+,46+,47+,48?,49-,50-,51-,52-,55+,56+/m0/s1. The number of amides is 4. The summed E-state index contributed by atoms with van der Waals surface area (Å²) in [6, 6.07) is -7.14. The molecular weight excluding hydrogens is 1400 g/mol. The summed E-state index contributed by atoms with van der Waals surface area (Å²) in [6.45, 7) is -4.25. The Labute approximate surface area is 576 Å². The lowest BCUT2D eigenvalue weighted by Crippen LogP contribution is -2.70. The Bertz CT molecular complexity index is 2780. The second kappa shape index (κ2) is 35.9. The Morgan fingerprint density at radius 1 is 0.392 bits per heavy atom. The fourth-order valence-corrected chi connectivity index (χ4v) is 12.8. The van der Waals surface area contributed by atoms with Crippen molar-refractivity contribution < 1.29 is 208 Å². The Hall–Kier alpha value is -4.54. The molecule has 1 unspecified atom stereocenters. The molecule has 7 saturated heterocycles. The number of aliphatic hydroxyl groups is 21. The van der Waals surface area contributed by atoms with E-state index < -0.39 is 321 Å². The predicted molar refractivity (Wildman–Crippen MR) is 313 cm³/mol. The fraction of sp³-hybridized carbons (Fsp3) is 0.893. The van der Waals surface area contributed by atoms with Gasteiger partial charge in [0.15, 0.2) is 31.5 Å². The first-order valence-corrected chi connectivity index (χ1v) is 31.9. The van der Waals surface area contributed by atoms with Gasteiger partial charge in [-0.2, -0.15) is 0 Å². The van der Waals surface area contributed by atoms with Gasteiger partial charge < -0.3 is 200 Å². The van der Waals surface area contributed by atoms with Crippen molar-refractivity contribution in [2.75, 3.05) is 46.2 Å². The van der Waals surface area contributed by atoms with Crippen LogP contribution in [0, 0.1) is 0 Å². The van der Waals surface area contributed by atoms with Gasteiger partial charge in [0.25, 0.3) is 11.6 Å². The van der Waals surface area contributed by atoms with Crippen LogP contribution >= 0.6 is 0 Å². The van der Waals surface area contributed by atoms with Crippen LogP contribution < -0.4 is 21.3 Å². The summed E-state index contributed by atoms with van der Waals surface area (Å²) >= 11 is 0. The molecule has 46 heteroatoms. The molecule has 7 fully saturated rings. The number of aliphatic carboxylic acids is 2. The van der Waals surface area contributed by atoms with Crippen molar-refractivity contribution in [3.8, 4) is 0 Å². The number of rotatable bonds is 29. The third-order valence-corrected chi connectivity index (χ3v) is 18.1. The van der Waals surface area contributed by atoms with Crippen molar-refractivity contribution in [3.05, 3.63) is 0 Å². The van der Waals surface area contributed by atoms with Crippen molar-refractivity contribution >= 4 is 35.6 Å². The zero-order chi connectivity index (χ0) is 76.1. The number of carboxylic acids is 2.